The van der Waals surface area contributed by atoms with Crippen molar-refractivity contribution < 1.29 is 28.7 Å². The molecule has 4 rings (SSSR count). The third kappa shape index (κ3) is 7.40. The Morgan fingerprint density at radius 1 is 0.949 bits per heavy atom. The quantitative estimate of drug-likeness (QED) is 0.336. The van der Waals surface area contributed by atoms with E-state index in [9.17, 15) is 19.2 Å². The lowest BCUT2D eigenvalue weighted by atomic mass is 10.2. The average molecular weight is 566 g/mol. The van der Waals surface area contributed by atoms with Gasteiger partial charge in [0.15, 0.2) is 6.61 Å². The molecular formula is C28H24ClN3O6S. The minimum Gasteiger partial charge on any atom is -0.495 e. The zero-order valence-electron chi connectivity index (χ0n) is 21.0. The van der Waals surface area contributed by atoms with Crippen LogP contribution in [-0.2, 0) is 14.4 Å². The van der Waals surface area contributed by atoms with Gasteiger partial charge in [-0.25, -0.2) is 0 Å². The molecule has 0 unspecified atom stereocenters. The van der Waals surface area contributed by atoms with Crippen LogP contribution in [0.3, 0.4) is 0 Å². The second-order valence-electron chi connectivity index (χ2n) is 8.44. The van der Waals surface area contributed by atoms with Crippen LogP contribution in [0.5, 0.6) is 11.5 Å². The third-order valence-corrected chi connectivity index (χ3v) is 6.70. The number of nitrogens with one attached hydrogen (secondary N) is 2. The van der Waals surface area contributed by atoms with E-state index in [1.165, 1.54) is 13.2 Å². The molecule has 0 radical (unpaired) electrons. The molecule has 2 N–H and O–H groups in total. The van der Waals surface area contributed by atoms with Crippen molar-refractivity contribution in [1.82, 2.24) is 4.90 Å². The van der Waals surface area contributed by atoms with Gasteiger partial charge in [-0.15, -0.1) is 0 Å². The molecule has 3 aromatic rings. The van der Waals surface area contributed by atoms with Crippen molar-refractivity contribution in [3.8, 4) is 11.5 Å². The largest absolute Gasteiger partial charge is 0.495 e. The standard InChI is InChI=1S/C28H24ClN3O6S/c1-17-3-7-19(8-4-17)30-26(34)16-38-21-10-5-18(6-11-21)13-24-27(35)32(28(36)39-24)15-25(33)31-20-9-12-23(37-2)22(29)14-20/h3-14H,15-16H2,1-2H3,(H,30,34)(H,31,33)/b24-13+. The van der Waals surface area contributed by atoms with Crippen molar-refractivity contribution in [3.05, 3.63) is 87.8 Å². The van der Waals surface area contributed by atoms with E-state index in [2.05, 4.69) is 10.6 Å². The van der Waals surface area contributed by atoms with Gasteiger partial charge in [0.2, 0.25) is 5.91 Å². The summed E-state index contributed by atoms with van der Waals surface area (Å²) in [4.78, 5) is 50.8. The SMILES string of the molecule is COc1ccc(NC(=O)CN2C(=O)S/C(=C/c3ccc(OCC(=O)Nc4ccc(C)cc4)cc3)C2=O)cc1Cl. The molecule has 11 heteroatoms. The Hall–Kier alpha value is -4.28. The Morgan fingerprint density at radius 3 is 2.28 bits per heavy atom. The molecule has 1 aliphatic heterocycles. The summed E-state index contributed by atoms with van der Waals surface area (Å²) < 4.78 is 10.6. The summed E-state index contributed by atoms with van der Waals surface area (Å²) in [5, 5.41) is 5.13. The number of rotatable bonds is 9. The van der Waals surface area contributed by atoms with Crippen LogP contribution in [-0.4, -0.2) is 48.1 Å². The van der Waals surface area contributed by atoms with Crippen molar-refractivity contribution in [2.24, 2.45) is 0 Å². The molecular weight excluding hydrogens is 542 g/mol. The fourth-order valence-corrected chi connectivity index (χ4v) is 4.62. The molecule has 39 heavy (non-hydrogen) atoms. The second-order valence-corrected chi connectivity index (χ2v) is 9.84. The molecule has 200 valence electrons. The fraction of sp³-hybridized carbons (Fsp3) is 0.143. The zero-order chi connectivity index (χ0) is 27.9. The molecule has 4 amide bonds. The van der Waals surface area contributed by atoms with Crippen LogP contribution in [0.25, 0.3) is 6.08 Å². The van der Waals surface area contributed by atoms with Crippen LogP contribution >= 0.6 is 23.4 Å². The Balaban J connectivity index is 1.30. The lowest BCUT2D eigenvalue weighted by Gasteiger charge is -2.13. The average Bonchev–Trinajstić information content (AvgIpc) is 3.17. The molecule has 1 aliphatic rings. The van der Waals surface area contributed by atoms with Crippen molar-refractivity contribution in [1.29, 1.82) is 0 Å². The third-order valence-electron chi connectivity index (χ3n) is 5.49. The number of anilines is 2. The molecule has 9 nitrogen and oxygen atoms in total. The maximum Gasteiger partial charge on any atom is 0.294 e. The highest BCUT2D eigenvalue weighted by Gasteiger charge is 2.36. The number of imide groups is 1. The van der Waals surface area contributed by atoms with E-state index < -0.39 is 23.6 Å². The van der Waals surface area contributed by atoms with E-state index in [1.54, 1.807) is 42.5 Å². The molecule has 0 atom stereocenters. The van der Waals surface area contributed by atoms with Crippen LogP contribution in [0, 0.1) is 6.92 Å². The number of benzene rings is 3. The van der Waals surface area contributed by atoms with Crippen molar-refractivity contribution in [3.63, 3.8) is 0 Å². The van der Waals surface area contributed by atoms with Crippen molar-refractivity contribution in [2.45, 2.75) is 6.92 Å². The normalized spacial score (nSPS) is 13.9. The van der Waals surface area contributed by atoms with Crippen LogP contribution in [0.4, 0.5) is 16.2 Å². The number of halogens is 1. The molecule has 0 aliphatic carbocycles. The number of hydrogen-bond acceptors (Lipinski definition) is 7. The molecule has 0 bridgehead atoms. The van der Waals surface area contributed by atoms with Crippen molar-refractivity contribution >= 4 is 63.8 Å². The Morgan fingerprint density at radius 2 is 1.62 bits per heavy atom. The van der Waals surface area contributed by atoms with E-state index >= 15 is 0 Å². The molecule has 3 aromatic carbocycles. The number of hydrogen-bond donors (Lipinski definition) is 2. The van der Waals surface area contributed by atoms with Crippen LogP contribution < -0.4 is 20.1 Å². The summed E-state index contributed by atoms with van der Waals surface area (Å²) in [5.74, 6) is -0.493. The first-order valence-corrected chi connectivity index (χ1v) is 12.9. The number of methoxy groups -OCH3 is 1. The summed E-state index contributed by atoms with van der Waals surface area (Å²) in [6.07, 6.45) is 1.56. The molecule has 0 saturated carbocycles. The number of aryl methyl sites for hydroxylation is 1. The van der Waals surface area contributed by atoms with E-state index in [0.717, 1.165) is 22.2 Å². The highest BCUT2D eigenvalue weighted by Crippen LogP contribution is 2.32. The molecule has 0 aromatic heterocycles. The van der Waals surface area contributed by atoms with Gasteiger partial charge in [0, 0.05) is 11.4 Å². The molecule has 1 fully saturated rings. The second kappa shape index (κ2) is 12.5. The number of thioether (sulfide) groups is 1. The van der Waals surface area contributed by atoms with Gasteiger partial charge in [-0.1, -0.05) is 41.4 Å². The van der Waals surface area contributed by atoms with Crippen molar-refractivity contribution in [2.75, 3.05) is 30.9 Å². The molecule has 1 saturated heterocycles. The Bertz CT molecular complexity index is 1440. The topological polar surface area (TPSA) is 114 Å². The van der Waals surface area contributed by atoms with E-state index in [-0.39, 0.29) is 17.4 Å². The van der Waals surface area contributed by atoms with Gasteiger partial charge in [-0.3, -0.25) is 24.1 Å². The Kier molecular flexibility index (Phi) is 8.90. The monoisotopic (exact) mass is 565 g/mol. The first-order valence-electron chi connectivity index (χ1n) is 11.7. The molecule has 1 heterocycles. The predicted molar refractivity (Wildman–Crippen MR) is 151 cm³/mol. The first kappa shape index (κ1) is 27.7. The van der Waals surface area contributed by atoms with Gasteiger partial charge in [-0.2, -0.15) is 0 Å². The van der Waals surface area contributed by atoms with Gasteiger partial charge in [-0.05, 0) is 72.8 Å². The summed E-state index contributed by atoms with van der Waals surface area (Å²) >= 11 is 6.82. The van der Waals surface area contributed by atoms with Gasteiger partial charge < -0.3 is 20.1 Å². The summed E-state index contributed by atoms with van der Waals surface area (Å²) in [5.41, 5.74) is 2.83. The smallest absolute Gasteiger partial charge is 0.294 e. The van der Waals surface area contributed by atoms with Gasteiger partial charge >= 0.3 is 0 Å². The number of ether oxygens (including phenoxy) is 2. The summed E-state index contributed by atoms with van der Waals surface area (Å²) in [7, 11) is 1.48. The number of carbonyl (C=O) groups excluding carboxylic acids is 4. The zero-order valence-corrected chi connectivity index (χ0v) is 22.6. The van der Waals surface area contributed by atoms with Crippen LogP contribution in [0.15, 0.2) is 71.6 Å². The van der Waals surface area contributed by atoms with E-state index in [4.69, 9.17) is 21.1 Å². The maximum atomic E-state index is 12.8. The Labute approximate surface area is 234 Å². The summed E-state index contributed by atoms with van der Waals surface area (Å²) in [6.45, 7) is 1.35. The molecule has 0 spiro atoms. The fourth-order valence-electron chi connectivity index (χ4n) is 3.52. The van der Waals surface area contributed by atoms with Crippen LogP contribution in [0.1, 0.15) is 11.1 Å². The van der Waals surface area contributed by atoms with E-state index in [1.807, 2.05) is 31.2 Å². The van der Waals surface area contributed by atoms with Gasteiger partial charge in [0.1, 0.15) is 18.0 Å². The highest BCUT2D eigenvalue weighted by molar-refractivity contribution is 8.18. The van der Waals surface area contributed by atoms with Crippen LogP contribution in [0.2, 0.25) is 5.02 Å². The summed E-state index contributed by atoms with van der Waals surface area (Å²) in [6, 6.07) is 18.8. The number of carbonyl (C=O) groups is 4. The van der Waals surface area contributed by atoms with Gasteiger partial charge in [0.05, 0.1) is 17.0 Å². The first-order chi connectivity index (χ1) is 18.7. The van der Waals surface area contributed by atoms with Gasteiger partial charge in [0.25, 0.3) is 17.1 Å². The minimum absolute atomic E-state index is 0.170. The number of amides is 4. The maximum absolute atomic E-state index is 12.8. The van der Waals surface area contributed by atoms with E-state index in [0.29, 0.717) is 33.5 Å². The lowest BCUT2D eigenvalue weighted by Crippen LogP contribution is -2.36. The minimum atomic E-state index is -0.569. The highest BCUT2D eigenvalue weighted by atomic mass is 35.5. The lowest BCUT2D eigenvalue weighted by molar-refractivity contribution is -0.127. The number of nitrogens with zero attached hydrogens (tertiary/aromatic N) is 1. The predicted octanol–water partition coefficient (Wildman–Crippen LogP) is 5.35.